The molecule has 1 N–H and O–H groups in total. The van der Waals surface area contributed by atoms with Crippen LogP contribution in [0.1, 0.15) is 24.4 Å². The highest BCUT2D eigenvalue weighted by Gasteiger charge is 2.23. The van der Waals surface area contributed by atoms with Crippen molar-refractivity contribution < 1.29 is 19.1 Å². The zero-order chi connectivity index (χ0) is 18.9. The molecule has 2 rings (SSSR count). The van der Waals surface area contributed by atoms with E-state index in [4.69, 9.17) is 32.7 Å². The molecule has 0 saturated carbocycles. The molecule has 0 aromatic heterocycles. The molecule has 5 nitrogen and oxygen atoms in total. The predicted octanol–water partition coefficient (Wildman–Crippen LogP) is 4.18. The number of benzene rings is 2. The van der Waals surface area contributed by atoms with E-state index in [0.29, 0.717) is 34.4 Å². The van der Waals surface area contributed by atoms with E-state index in [9.17, 15) is 9.59 Å². The Bertz CT molecular complexity index is 752. The number of nitrogens with one attached hydrogen (secondary N) is 1. The summed E-state index contributed by atoms with van der Waals surface area (Å²) >= 11 is 11.8. The number of amides is 1. The van der Waals surface area contributed by atoms with Crippen LogP contribution in [0.3, 0.4) is 0 Å². The Labute approximate surface area is 162 Å². The second-order valence-electron chi connectivity index (χ2n) is 5.46. The lowest BCUT2D eigenvalue weighted by molar-refractivity contribution is -0.145. The first-order valence-corrected chi connectivity index (χ1v) is 8.77. The van der Waals surface area contributed by atoms with Gasteiger partial charge in [0.15, 0.2) is 6.04 Å². The fourth-order valence-electron chi connectivity index (χ4n) is 2.28. The van der Waals surface area contributed by atoms with Crippen molar-refractivity contribution in [1.82, 2.24) is 5.32 Å². The van der Waals surface area contributed by atoms with Crippen LogP contribution in [0.2, 0.25) is 10.0 Å². The SMILES string of the molecule is COC(=O)[C@@H](NC(=O)CCCOc1ccc(Cl)cc1Cl)c1ccccc1. The molecular formula is C19H19Cl2NO4. The van der Waals surface area contributed by atoms with Crippen LogP contribution in [0.25, 0.3) is 0 Å². The molecule has 2 aromatic carbocycles. The van der Waals surface area contributed by atoms with Gasteiger partial charge in [0.05, 0.1) is 18.7 Å². The molecule has 0 aliphatic heterocycles. The van der Waals surface area contributed by atoms with E-state index in [2.05, 4.69) is 5.32 Å². The van der Waals surface area contributed by atoms with E-state index in [1.165, 1.54) is 7.11 Å². The van der Waals surface area contributed by atoms with Crippen LogP contribution in [0.15, 0.2) is 48.5 Å². The maximum absolute atomic E-state index is 12.2. The summed E-state index contributed by atoms with van der Waals surface area (Å²) in [6.07, 6.45) is 0.666. The molecule has 1 amide bonds. The number of hydrogen-bond acceptors (Lipinski definition) is 4. The second kappa shape index (κ2) is 10.0. The Morgan fingerprint density at radius 2 is 1.85 bits per heavy atom. The minimum atomic E-state index is -0.833. The second-order valence-corrected chi connectivity index (χ2v) is 6.30. The molecule has 0 bridgehead atoms. The van der Waals surface area contributed by atoms with Gasteiger partial charge in [-0.05, 0) is 30.2 Å². The quantitative estimate of drug-likeness (QED) is 0.537. The molecular weight excluding hydrogens is 377 g/mol. The van der Waals surface area contributed by atoms with Gasteiger partial charge < -0.3 is 14.8 Å². The number of hydrogen-bond donors (Lipinski definition) is 1. The topological polar surface area (TPSA) is 64.6 Å². The van der Waals surface area contributed by atoms with Gasteiger partial charge in [-0.2, -0.15) is 0 Å². The number of esters is 1. The van der Waals surface area contributed by atoms with Crippen molar-refractivity contribution in [3.05, 3.63) is 64.1 Å². The highest BCUT2D eigenvalue weighted by atomic mass is 35.5. The van der Waals surface area contributed by atoms with Gasteiger partial charge in [0, 0.05) is 11.4 Å². The van der Waals surface area contributed by atoms with Crippen molar-refractivity contribution in [2.24, 2.45) is 0 Å². The first-order valence-electron chi connectivity index (χ1n) is 8.01. The average molecular weight is 396 g/mol. The van der Waals surface area contributed by atoms with Crippen molar-refractivity contribution in [1.29, 1.82) is 0 Å². The van der Waals surface area contributed by atoms with Crippen LogP contribution in [0.4, 0.5) is 0 Å². The summed E-state index contributed by atoms with van der Waals surface area (Å²) in [6.45, 7) is 0.309. The lowest BCUT2D eigenvalue weighted by Gasteiger charge is -2.17. The Morgan fingerprint density at radius 3 is 2.50 bits per heavy atom. The molecule has 26 heavy (non-hydrogen) atoms. The zero-order valence-corrected chi connectivity index (χ0v) is 15.7. The third-order valence-corrected chi connectivity index (χ3v) is 4.11. The van der Waals surface area contributed by atoms with E-state index in [1.54, 1.807) is 42.5 Å². The molecule has 0 aliphatic rings. The van der Waals surface area contributed by atoms with E-state index in [0.717, 1.165) is 0 Å². The Balaban J connectivity index is 1.83. The van der Waals surface area contributed by atoms with E-state index in [1.807, 2.05) is 6.07 Å². The Morgan fingerprint density at radius 1 is 1.12 bits per heavy atom. The minimum Gasteiger partial charge on any atom is -0.492 e. The number of methoxy groups -OCH3 is 1. The summed E-state index contributed by atoms with van der Waals surface area (Å²) in [7, 11) is 1.29. The standard InChI is InChI=1S/C19H19Cl2NO4/c1-25-19(24)18(13-6-3-2-4-7-13)22-17(23)8-5-11-26-16-10-9-14(20)12-15(16)21/h2-4,6-7,9-10,12,18H,5,8,11H2,1H3,(H,22,23)/t18-/m0/s1. The summed E-state index contributed by atoms with van der Waals surface area (Å²) < 4.78 is 10.3. The molecule has 0 saturated heterocycles. The lowest BCUT2D eigenvalue weighted by Crippen LogP contribution is -2.34. The summed E-state index contributed by atoms with van der Waals surface area (Å²) in [5.74, 6) is -0.281. The molecule has 0 fully saturated rings. The molecule has 0 unspecified atom stereocenters. The smallest absolute Gasteiger partial charge is 0.333 e. The van der Waals surface area contributed by atoms with Crippen LogP contribution in [-0.2, 0) is 14.3 Å². The van der Waals surface area contributed by atoms with Crippen molar-refractivity contribution >= 4 is 35.1 Å². The normalized spacial score (nSPS) is 11.5. The third-order valence-electron chi connectivity index (χ3n) is 3.57. The molecule has 0 spiro atoms. The maximum Gasteiger partial charge on any atom is 0.333 e. The average Bonchev–Trinajstić information content (AvgIpc) is 2.64. The van der Waals surface area contributed by atoms with Gasteiger partial charge in [0.1, 0.15) is 5.75 Å². The number of carbonyl (C=O) groups is 2. The molecule has 7 heteroatoms. The number of ether oxygens (including phenoxy) is 2. The number of rotatable bonds is 8. The predicted molar refractivity (Wildman–Crippen MR) is 101 cm³/mol. The highest BCUT2D eigenvalue weighted by molar-refractivity contribution is 6.35. The first-order chi connectivity index (χ1) is 12.5. The van der Waals surface area contributed by atoms with Crippen molar-refractivity contribution in [2.75, 3.05) is 13.7 Å². The molecule has 0 aliphatic carbocycles. The number of carbonyl (C=O) groups excluding carboxylic acids is 2. The summed E-state index contributed by atoms with van der Waals surface area (Å²) in [5, 5.41) is 3.63. The van der Waals surface area contributed by atoms with Crippen molar-refractivity contribution in [3.63, 3.8) is 0 Å². The van der Waals surface area contributed by atoms with Gasteiger partial charge in [0.2, 0.25) is 5.91 Å². The van der Waals surface area contributed by atoms with Gasteiger partial charge in [-0.25, -0.2) is 4.79 Å². The van der Waals surface area contributed by atoms with Crippen molar-refractivity contribution in [2.45, 2.75) is 18.9 Å². The van der Waals surface area contributed by atoms with Crippen LogP contribution in [0, 0.1) is 0 Å². The van der Waals surface area contributed by atoms with Crippen LogP contribution < -0.4 is 10.1 Å². The van der Waals surface area contributed by atoms with Crippen LogP contribution in [-0.4, -0.2) is 25.6 Å². The zero-order valence-electron chi connectivity index (χ0n) is 14.2. The van der Waals surface area contributed by atoms with Crippen molar-refractivity contribution in [3.8, 4) is 5.75 Å². The van der Waals surface area contributed by atoms with Crippen LogP contribution >= 0.6 is 23.2 Å². The first kappa shape index (κ1) is 20.1. The molecule has 0 radical (unpaired) electrons. The monoisotopic (exact) mass is 395 g/mol. The summed E-state index contributed by atoms with van der Waals surface area (Å²) in [4.78, 5) is 24.1. The molecule has 138 valence electrons. The summed E-state index contributed by atoms with van der Waals surface area (Å²) in [6, 6.07) is 13.0. The maximum atomic E-state index is 12.2. The van der Waals surface area contributed by atoms with Gasteiger partial charge in [-0.1, -0.05) is 53.5 Å². The lowest BCUT2D eigenvalue weighted by atomic mass is 10.1. The number of halogens is 2. The van der Waals surface area contributed by atoms with E-state index in [-0.39, 0.29) is 12.3 Å². The fourth-order valence-corrected chi connectivity index (χ4v) is 2.75. The van der Waals surface area contributed by atoms with Gasteiger partial charge >= 0.3 is 5.97 Å². The molecule has 1 atom stereocenters. The minimum absolute atomic E-state index is 0.200. The summed E-state index contributed by atoms with van der Waals surface area (Å²) in [5.41, 5.74) is 0.664. The van der Waals surface area contributed by atoms with E-state index < -0.39 is 12.0 Å². The van der Waals surface area contributed by atoms with Gasteiger partial charge in [0.25, 0.3) is 0 Å². The van der Waals surface area contributed by atoms with Crippen LogP contribution in [0.5, 0.6) is 5.75 Å². The van der Waals surface area contributed by atoms with E-state index >= 15 is 0 Å². The third kappa shape index (κ3) is 5.93. The Hall–Kier alpha value is -2.24. The molecule has 2 aromatic rings. The Kier molecular flexibility index (Phi) is 7.75. The molecule has 0 heterocycles. The fraction of sp³-hybridized carbons (Fsp3) is 0.263. The largest absolute Gasteiger partial charge is 0.492 e. The van der Waals surface area contributed by atoms with Gasteiger partial charge in [-0.3, -0.25) is 4.79 Å². The van der Waals surface area contributed by atoms with Gasteiger partial charge in [-0.15, -0.1) is 0 Å². The highest BCUT2D eigenvalue weighted by Crippen LogP contribution is 2.27.